The van der Waals surface area contributed by atoms with Gasteiger partial charge in [0.05, 0.1) is 6.42 Å². The van der Waals surface area contributed by atoms with E-state index < -0.39 is 12.1 Å². The molecule has 0 aromatic rings. The van der Waals surface area contributed by atoms with Crippen molar-refractivity contribution in [3.8, 4) is 0 Å². The van der Waals surface area contributed by atoms with Crippen LogP contribution in [0.15, 0.2) is 24.3 Å². The van der Waals surface area contributed by atoms with Gasteiger partial charge in [0.2, 0.25) is 0 Å². The largest absolute Gasteiger partial charge is 0.481 e. The highest BCUT2D eigenvalue weighted by molar-refractivity contribution is 5.71. The molecule has 1 unspecified atom stereocenters. The summed E-state index contributed by atoms with van der Waals surface area (Å²) in [5.74, 6) is -1.18. The molecule has 0 heterocycles. The zero-order valence-electron chi connectivity index (χ0n) is 18.9. The van der Waals surface area contributed by atoms with Crippen LogP contribution in [0.2, 0.25) is 0 Å². The molecule has 0 aliphatic heterocycles. The molecule has 168 valence electrons. The van der Waals surface area contributed by atoms with Crippen LogP contribution in [0.5, 0.6) is 0 Å². The molecule has 0 fully saturated rings. The second-order valence-electron chi connectivity index (χ2n) is 7.81. The summed E-state index contributed by atoms with van der Waals surface area (Å²) < 4.78 is 5.21. The third-order valence-corrected chi connectivity index (χ3v) is 4.99. The van der Waals surface area contributed by atoms with Gasteiger partial charge in [-0.05, 0) is 44.9 Å². The molecule has 1 atom stereocenters. The standard InChI is InChI=1S/C25H44O4/c1-3-5-6-7-8-9-10-11-12-13-14-15-16-17-18-19-20-21-25(28)29-23(4-2)22-24(26)27/h8-9,11-12,23H,3-7,10,13-22H2,1-2H3,(H,26,27)/b9-8-,12-11-. The summed E-state index contributed by atoms with van der Waals surface area (Å²) in [7, 11) is 0. The van der Waals surface area contributed by atoms with Crippen LogP contribution in [0.1, 0.15) is 117 Å². The quantitative estimate of drug-likeness (QED) is 0.130. The Balaban J connectivity index is 3.41. The smallest absolute Gasteiger partial charge is 0.307 e. The first-order valence-electron chi connectivity index (χ1n) is 11.8. The van der Waals surface area contributed by atoms with E-state index in [-0.39, 0.29) is 12.4 Å². The molecule has 0 spiro atoms. The number of carboxylic acids is 1. The Bertz CT molecular complexity index is 454. The molecule has 29 heavy (non-hydrogen) atoms. The van der Waals surface area contributed by atoms with Crippen LogP contribution in [0, 0.1) is 0 Å². The van der Waals surface area contributed by atoms with E-state index in [1.54, 1.807) is 0 Å². The Morgan fingerprint density at radius 3 is 1.90 bits per heavy atom. The summed E-state index contributed by atoms with van der Waals surface area (Å²) >= 11 is 0. The average molecular weight is 409 g/mol. The van der Waals surface area contributed by atoms with E-state index in [0.29, 0.717) is 12.8 Å². The van der Waals surface area contributed by atoms with Crippen molar-refractivity contribution in [2.75, 3.05) is 0 Å². The second-order valence-corrected chi connectivity index (χ2v) is 7.81. The van der Waals surface area contributed by atoms with Crippen LogP contribution in [0.25, 0.3) is 0 Å². The van der Waals surface area contributed by atoms with Crippen LogP contribution in [0.4, 0.5) is 0 Å². The summed E-state index contributed by atoms with van der Waals surface area (Å²) in [4.78, 5) is 22.4. The average Bonchev–Trinajstić information content (AvgIpc) is 2.69. The maximum atomic E-state index is 11.7. The first-order valence-corrected chi connectivity index (χ1v) is 11.8. The molecule has 4 heteroatoms. The fraction of sp³-hybridized carbons (Fsp3) is 0.760. The van der Waals surface area contributed by atoms with E-state index in [2.05, 4.69) is 31.2 Å². The number of aliphatic carboxylic acids is 1. The van der Waals surface area contributed by atoms with Crippen molar-refractivity contribution < 1.29 is 19.4 Å². The molecule has 0 aliphatic rings. The molecule has 0 aromatic carbocycles. The van der Waals surface area contributed by atoms with Crippen molar-refractivity contribution in [3.63, 3.8) is 0 Å². The number of carbonyl (C=O) groups is 2. The lowest BCUT2D eigenvalue weighted by molar-refractivity contribution is -0.153. The Hall–Kier alpha value is -1.58. The van der Waals surface area contributed by atoms with Gasteiger partial charge in [-0.1, -0.05) is 83.1 Å². The van der Waals surface area contributed by atoms with E-state index in [1.165, 1.54) is 57.8 Å². The third kappa shape index (κ3) is 21.0. The number of rotatable bonds is 20. The highest BCUT2D eigenvalue weighted by Gasteiger charge is 2.15. The summed E-state index contributed by atoms with van der Waals surface area (Å²) in [6.07, 6.45) is 24.9. The van der Waals surface area contributed by atoms with Gasteiger partial charge in [0.25, 0.3) is 0 Å². The molecule has 0 saturated carbocycles. The molecular formula is C25H44O4. The summed E-state index contributed by atoms with van der Waals surface area (Å²) in [6, 6.07) is 0. The lowest BCUT2D eigenvalue weighted by atomic mass is 10.1. The van der Waals surface area contributed by atoms with Crippen LogP contribution in [0.3, 0.4) is 0 Å². The van der Waals surface area contributed by atoms with Gasteiger partial charge in [-0.3, -0.25) is 9.59 Å². The van der Waals surface area contributed by atoms with Gasteiger partial charge in [0, 0.05) is 6.42 Å². The fourth-order valence-electron chi connectivity index (χ4n) is 3.14. The summed E-state index contributed by atoms with van der Waals surface area (Å²) in [6.45, 7) is 4.07. The Morgan fingerprint density at radius 1 is 0.793 bits per heavy atom. The van der Waals surface area contributed by atoms with E-state index in [0.717, 1.165) is 25.7 Å². The van der Waals surface area contributed by atoms with Crippen molar-refractivity contribution in [1.29, 1.82) is 0 Å². The molecule has 0 aromatic heterocycles. The van der Waals surface area contributed by atoms with Gasteiger partial charge >= 0.3 is 11.9 Å². The first kappa shape index (κ1) is 27.4. The number of hydrogen-bond donors (Lipinski definition) is 1. The molecule has 4 nitrogen and oxygen atoms in total. The molecule has 0 radical (unpaired) electrons. The van der Waals surface area contributed by atoms with Gasteiger partial charge in [0.1, 0.15) is 6.10 Å². The normalized spacial score (nSPS) is 12.6. The predicted molar refractivity (Wildman–Crippen MR) is 121 cm³/mol. The number of carbonyl (C=O) groups excluding carboxylic acids is 1. The highest BCUT2D eigenvalue weighted by atomic mass is 16.5. The van der Waals surface area contributed by atoms with E-state index >= 15 is 0 Å². The van der Waals surface area contributed by atoms with Crippen molar-refractivity contribution in [1.82, 2.24) is 0 Å². The minimum Gasteiger partial charge on any atom is -0.481 e. The highest BCUT2D eigenvalue weighted by Crippen LogP contribution is 2.12. The molecule has 0 saturated heterocycles. The Labute approximate surface area is 178 Å². The fourth-order valence-corrected chi connectivity index (χ4v) is 3.14. The molecule has 0 bridgehead atoms. The second kappa shape index (κ2) is 21.1. The summed E-state index contributed by atoms with van der Waals surface area (Å²) in [5, 5.41) is 8.76. The third-order valence-electron chi connectivity index (χ3n) is 4.99. The van der Waals surface area contributed by atoms with Crippen LogP contribution < -0.4 is 0 Å². The van der Waals surface area contributed by atoms with Crippen LogP contribution in [-0.4, -0.2) is 23.1 Å². The van der Waals surface area contributed by atoms with Crippen molar-refractivity contribution in [2.24, 2.45) is 0 Å². The number of allylic oxidation sites excluding steroid dienone is 4. The van der Waals surface area contributed by atoms with Gasteiger partial charge in [-0.15, -0.1) is 0 Å². The molecule has 0 amide bonds. The lowest BCUT2D eigenvalue weighted by Gasteiger charge is -2.13. The first-order chi connectivity index (χ1) is 14.1. The zero-order valence-corrected chi connectivity index (χ0v) is 18.9. The lowest BCUT2D eigenvalue weighted by Crippen LogP contribution is -2.20. The number of unbranched alkanes of at least 4 members (excludes halogenated alkanes) is 10. The molecule has 0 aliphatic carbocycles. The topological polar surface area (TPSA) is 63.6 Å². The molecule has 1 N–H and O–H groups in total. The van der Waals surface area contributed by atoms with Gasteiger partial charge < -0.3 is 9.84 Å². The zero-order chi connectivity index (χ0) is 21.6. The van der Waals surface area contributed by atoms with Crippen LogP contribution in [-0.2, 0) is 14.3 Å². The Morgan fingerprint density at radius 2 is 1.34 bits per heavy atom. The number of esters is 1. The van der Waals surface area contributed by atoms with Gasteiger partial charge in [-0.2, -0.15) is 0 Å². The minimum atomic E-state index is -0.921. The summed E-state index contributed by atoms with van der Waals surface area (Å²) in [5.41, 5.74) is 0. The monoisotopic (exact) mass is 408 g/mol. The van der Waals surface area contributed by atoms with Crippen LogP contribution >= 0.6 is 0 Å². The van der Waals surface area contributed by atoms with Crippen molar-refractivity contribution in [3.05, 3.63) is 24.3 Å². The minimum absolute atomic E-state index is 0.104. The maximum Gasteiger partial charge on any atom is 0.307 e. The number of carboxylic acid groups (broad SMARTS) is 1. The Kier molecular flexibility index (Phi) is 20.0. The maximum absolute atomic E-state index is 11.7. The number of hydrogen-bond acceptors (Lipinski definition) is 3. The predicted octanol–water partition coefficient (Wildman–Crippen LogP) is 7.38. The van der Waals surface area contributed by atoms with Gasteiger partial charge in [-0.25, -0.2) is 0 Å². The number of ether oxygens (including phenoxy) is 1. The van der Waals surface area contributed by atoms with Crippen molar-refractivity contribution in [2.45, 2.75) is 123 Å². The van der Waals surface area contributed by atoms with E-state index in [4.69, 9.17) is 9.84 Å². The van der Waals surface area contributed by atoms with Crippen molar-refractivity contribution >= 4 is 11.9 Å². The molecular weight excluding hydrogens is 364 g/mol. The van der Waals surface area contributed by atoms with Gasteiger partial charge in [0.15, 0.2) is 0 Å². The SMILES string of the molecule is CCCCC/C=C\C/C=C\CCCCCCCCCC(=O)OC(CC)CC(=O)O. The molecule has 0 rings (SSSR count). The van der Waals surface area contributed by atoms with E-state index in [9.17, 15) is 9.59 Å². The van der Waals surface area contributed by atoms with E-state index in [1.807, 2.05) is 6.92 Å².